The highest BCUT2D eigenvalue weighted by Crippen LogP contribution is 2.31. The second-order valence-corrected chi connectivity index (χ2v) is 9.16. The van der Waals surface area contributed by atoms with Gasteiger partial charge in [-0.15, -0.1) is 11.3 Å². The number of carbonyl (C=O) groups is 1. The third-order valence-corrected chi connectivity index (χ3v) is 6.93. The molecule has 8 nitrogen and oxygen atoms in total. The predicted molar refractivity (Wildman–Crippen MR) is 118 cm³/mol. The van der Waals surface area contributed by atoms with Crippen molar-refractivity contribution in [2.45, 2.75) is 17.7 Å². The standard InChI is InChI=1S/C21H22N2O6S2/c1-27-16-8-9-19(17(12-16)28-2)31(25,26)23-15-6-4-14(5-7-15)18-13-22-20(30-18)10-11-21(24)29-3/h4-9,12-13,23H,10-11H2,1-3H3. The fourth-order valence-electron chi connectivity index (χ4n) is 2.78. The Morgan fingerprint density at radius 1 is 1.06 bits per heavy atom. The van der Waals surface area contributed by atoms with Gasteiger partial charge in [-0.05, 0) is 29.8 Å². The molecule has 0 aliphatic rings. The summed E-state index contributed by atoms with van der Waals surface area (Å²) in [5.74, 6) is 0.408. The van der Waals surface area contributed by atoms with Gasteiger partial charge in [0.1, 0.15) is 16.4 Å². The average Bonchev–Trinajstić information content (AvgIpc) is 3.26. The van der Waals surface area contributed by atoms with Gasteiger partial charge in [0.2, 0.25) is 0 Å². The Labute approximate surface area is 184 Å². The number of hydrogen-bond acceptors (Lipinski definition) is 8. The first kappa shape index (κ1) is 22.6. The van der Waals surface area contributed by atoms with Gasteiger partial charge >= 0.3 is 5.97 Å². The minimum Gasteiger partial charge on any atom is -0.497 e. The molecule has 0 fully saturated rings. The molecule has 1 heterocycles. The van der Waals surface area contributed by atoms with Crippen LogP contribution in [0.1, 0.15) is 11.4 Å². The van der Waals surface area contributed by atoms with Gasteiger partial charge in [-0.2, -0.15) is 0 Å². The van der Waals surface area contributed by atoms with E-state index in [9.17, 15) is 13.2 Å². The summed E-state index contributed by atoms with van der Waals surface area (Å²) in [4.78, 5) is 16.5. The first-order valence-electron chi connectivity index (χ1n) is 9.23. The summed E-state index contributed by atoms with van der Waals surface area (Å²) in [5.41, 5.74) is 1.31. The van der Waals surface area contributed by atoms with Crippen LogP contribution in [-0.4, -0.2) is 40.7 Å². The molecule has 0 saturated carbocycles. The third-order valence-electron chi connectivity index (χ3n) is 4.41. The Morgan fingerprint density at radius 2 is 1.81 bits per heavy atom. The number of nitrogens with zero attached hydrogens (tertiary/aromatic N) is 1. The van der Waals surface area contributed by atoms with Crippen molar-refractivity contribution in [2.24, 2.45) is 0 Å². The van der Waals surface area contributed by atoms with E-state index in [4.69, 9.17) is 9.47 Å². The number of rotatable bonds is 9. The van der Waals surface area contributed by atoms with E-state index >= 15 is 0 Å². The smallest absolute Gasteiger partial charge is 0.305 e. The number of anilines is 1. The van der Waals surface area contributed by atoms with Gasteiger partial charge in [0.15, 0.2) is 0 Å². The van der Waals surface area contributed by atoms with Crippen LogP contribution < -0.4 is 14.2 Å². The first-order chi connectivity index (χ1) is 14.9. The number of carbonyl (C=O) groups excluding carboxylic acids is 1. The largest absolute Gasteiger partial charge is 0.497 e. The topological polar surface area (TPSA) is 104 Å². The highest BCUT2D eigenvalue weighted by molar-refractivity contribution is 7.92. The lowest BCUT2D eigenvalue weighted by Crippen LogP contribution is -2.14. The van der Waals surface area contributed by atoms with Gasteiger partial charge in [0, 0.05) is 24.4 Å². The van der Waals surface area contributed by atoms with Crippen molar-refractivity contribution in [1.29, 1.82) is 0 Å². The molecule has 3 rings (SSSR count). The maximum atomic E-state index is 12.8. The molecular formula is C21H22N2O6S2. The molecule has 0 spiro atoms. The Bertz CT molecular complexity index is 1160. The van der Waals surface area contributed by atoms with Gasteiger partial charge in [0.05, 0.1) is 37.6 Å². The number of aromatic nitrogens is 1. The van der Waals surface area contributed by atoms with E-state index in [2.05, 4.69) is 14.4 Å². The molecule has 31 heavy (non-hydrogen) atoms. The van der Waals surface area contributed by atoms with Crippen molar-refractivity contribution in [3.05, 3.63) is 53.7 Å². The summed E-state index contributed by atoms with van der Waals surface area (Å²) >= 11 is 1.48. The van der Waals surface area contributed by atoms with E-state index in [0.29, 0.717) is 17.9 Å². The zero-order chi connectivity index (χ0) is 22.4. The molecule has 1 N–H and O–H groups in total. The SMILES string of the molecule is COC(=O)CCc1ncc(-c2ccc(NS(=O)(=O)c3ccc(OC)cc3OC)cc2)s1. The van der Waals surface area contributed by atoms with Crippen LogP contribution in [0.25, 0.3) is 10.4 Å². The van der Waals surface area contributed by atoms with E-state index < -0.39 is 10.0 Å². The first-order valence-corrected chi connectivity index (χ1v) is 11.5. The van der Waals surface area contributed by atoms with E-state index in [1.165, 1.54) is 44.8 Å². The fraction of sp³-hybridized carbons (Fsp3) is 0.238. The van der Waals surface area contributed by atoms with Crippen molar-refractivity contribution in [3.63, 3.8) is 0 Å². The molecule has 3 aromatic rings. The lowest BCUT2D eigenvalue weighted by atomic mass is 10.2. The molecule has 2 aromatic carbocycles. The maximum Gasteiger partial charge on any atom is 0.305 e. The zero-order valence-electron chi connectivity index (χ0n) is 17.2. The Morgan fingerprint density at radius 3 is 2.45 bits per heavy atom. The molecule has 0 radical (unpaired) electrons. The molecule has 0 unspecified atom stereocenters. The van der Waals surface area contributed by atoms with Crippen LogP contribution in [0.2, 0.25) is 0 Å². The summed E-state index contributed by atoms with van der Waals surface area (Å²) in [6.07, 6.45) is 2.52. The van der Waals surface area contributed by atoms with Crippen molar-refractivity contribution >= 4 is 33.0 Å². The van der Waals surface area contributed by atoms with Crippen molar-refractivity contribution in [3.8, 4) is 21.9 Å². The van der Waals surface area contributed by atoms with E-state index in [1.54, 1.807) is 36.5 Å². The number of nitrogens with one attached hydrogen (secondary N) is 1. The number of methoxy groups -OCH3 is 3. The van der Waals surface area contributed by atoms with E-state index in [0.717, 1.165) is 15.4 Å². The minimum atomic E-state index is -3.86. The van der Waals surface area contributed by atoms with Crippen molar-refractivity contribution < 1.29 is 27.4 Å². The van der Waals surface area contributed by atoms with Crippen molar-refractivity contribution in [2.75, 3.05) is 26.1 Å². The molecule has 0 aliphatic heterocycles. The second kappa shape index (κ2) is 9.80. The van der Waals surface area contributed by atoms with Crippen LogP contribution in [0.15, 0.2) is 53.6 Å². The Hall–Kier alpha value is -3.11. The second-order valence-electron chi connectivity index (χ2n) is 6.39. The molecule has 0 aliphatic carbocycles. The number of aryl methyl sites for hydroxylation is 1. The summed E-state index contributed by atoms with van der Waals surface area (Å²) in [6.45, 7) is 0. The number of esters is 1. The normalized spacial score (nSPS) is 11.1. The highest BCUT2D eigenvalue weighted by atomic mass is 32.2. The van der Waals surface area contributed by atoms with Crippen LogP contribution >= 0.6 is 11.3 Å². The number of sulfonamides is 1. The zero-order valence-corrected chi connectivity index (χ0v) is 18.9. The quantitative estimate of drug-likeness (QED) is 0.483. The van der Waals surface area contributed by atoms with Gasteiger partial charge < -0.3 is 14.2 Å². The molecule has 0 atom stereocenters. The molecule has 0 amide bonds. The van der Waals surface area contributed by atoms with Crippen molar-refractivity contribution in [1.82, 2.24) is 4.98 Å². The summed E-state index contributed by atoms with van der Waals surface area (Å²) < 4.78 is 43.1. The molecule has 1 aromatic heterocycles. The van der Waals surface area contributed by atoms with Gasteiger partial charge in [0.25, 0.3) is 10.0 Å². The van der Waals surface area contributed by atoms with Gasteiger partial charge in [-0.1, -0.05) is 12.1 Å². The summed E-state index contributed by atoms with van der Waals surface area (Å²) in [7, 11) is 0.395. The molecule has 164 valence electrons. The van der Waals surface area contributed by atoms with Gasteiger partial charge in [-0.25, -0.2) is 13.4 Å². The van der Waals surface area contributed by atoms with Crippen LogP contribution in [0.3, 0.4) is 0 Å². The highest BCUT2D eigenvalue weighted by Gasteiger charge is 2.20. The van der Waals surface area contributed by atoms with Crippen LogP contribution in [0, 0.1) is 0 Å². The average molecular weight is 463 g/mol. The fourth-order valence-corrected chi connectivity index (χ4v) is 4.91. The minimum absolute atomic E-state index is 0.0116. The third kappa shape index (κ3) is 5.53. The monoisotopic (exact) mass is 462 g/mol. The Kier molecular flexibility index (Phi) is 7.13. The van der Waals surface area contributed by atoms with Crippen LogP contribution in [0.5, 0.6) is 11.5 Å². The number of ether oxygens (including phenoxy) is 3. The number of benzene rings is 2. The maximum absolute atomic E-state index is 12.8. The van der Waals surface area contributed by atoms with Crippen LogP contribution in [0.4, 0.5) is 5.69 Å². The molecule has 0 saturated heterocycles. The van der Waals surface area contributed by atoms with Gasteiger partial charge in [-0.3, -0.25) is 9.52 Å². The van der Waals surface area contributed by atoms with Crippen LogP contribution in [-0.2, 0) is 26.0 Å². The predicted octanol–water partition coefficient (Wildman–Crippen LogP) is 3.73. The summed E-state index contributed by atoms with van der Waals surface area (Å²) in [6, 6.07) is 11.5. The number of thiazole rings is 1. The van der Waals surface area contributed by atoms with E-state index in [-0.39, 0.29) is 23.0 Å². The number of hydrogen-bond donors (Lipinski definition) is 1. The molecule has 10 heteroatoms. The molecular weight excluding hydrogens is 440 g/mol. The van der Waals surface area contributed by atoms with E-state index in [1.807, 2.05) is 0 Å². The lowest BCUT2D eigenvalue weighted by molar-refractivity contribution is -0.140. The Balaban J connectivity index is 1.73. The lowest BCUT2D eigenvalue weighted by Gasteiger charge is -2.13. The summed E-state index contributed by atoms with van der Waals surface area (Å²) in [5, 5.41) is 0.830. The molecule has 0 bridgehead atoms.